The average Bonchev–Trinajstić information content (AvgIpc) is 2.97. The molecule has 0 aliphatic carbocycles. The lowest BCUT2D eigenvalue weighted by molar-refractivity contribution is 0.0485. The summed E-state index contributed by atoms with van der Waals surface area (Å²) in [6.07, 6.45) is 4.65. The summed E-state index contributed by atoms with van der Waals surface area (Å²) in [6, 6.07) is 3.66. The molecule has 1 saturated heterocycles. The van der Waals surface area contributed by atoms with E-state index >= 15 is 0 Å². The molecule has 1 fully saturated rings. The molecule has 0 amide bonds. The highest BCUT2D eigenvalue weighted by Gasteiger charge is 2.23. The van der Waals surface area contributed by atoms with Gasteiger partial charge < -0.3 is 9.30 Å². The second kappa shape index (κ2) is 7.22. The van der Waals surface area contributed by atoms with E-state index in [9.17, 15) is 8.78 Å². The van der Waals surface area contributed by atoms with E-state index in [2.05, 4.69) is 14.5 Å². The normalized spacial score (nSPS) is 19.1. The van der Waals surface area contributed by atoms with Crippen LogP contribution in [0.2, 0.25) is 0 Å². The molecule has 2 aliphatic rings. The first-order valence-corrected chi connectivity index (χ1v) is 8.96. The fraction of sp³-hybridized carbons (Fsp3) is 0.526. The number of hydrogen-bond donors (Lipinski definition) is 0. The smallest absolute Gasteiger partial charge is 0.126 e. The van der Waals surface area contributed by atoms with E-state index in [4.69, 9.17) is 4.74 Å². The molecule has 134 valence electrons. The minimum atomic E-state index is -0.539. The summed E-state index contributed by atoms with van der Waals surface area (Å²) < 4.78 is 34.4. The van der Waals surface area contributed by atoms with Crippen LogP contribution in [-0.4, -0.2) is 40.8 Å². The summed E-state index contributed by atoms with van der Waals surface area (Å²) >= 11 is 0. The molecule has 0 bridgehead atoms. The Kier molecular flexibility index (Phi) is 4.81. The number of halogens is 2. The van der Waals surface area contributed by atoms with Crippen molar-refractivity contribution in [3.05, 3.63) is 53.1 Å². The van der Waals surface area contributed by atoms with Crippen LogP contribution in [0.3, 0.4) is 0 Å². The maximum atomic E-state index is 13.4. The molecule has 4 nitrogen and oxygen atoms in total. The first-order chi connectivity index (χ1) is 12.2. The molecule has 4 rings (SSSR count). The zero-order valence-corrected chi connectivity index (χ0v) is 14.3. The van der Waals surface area contributed by atoms with Crippen LogP contribution in [0, 0.1) is 17.6 Å². The van der Waals surface area contributed by atoms with Crippen molar-refractivity contribution in [1.29, 1.82) is 0 Å². The largest absolute Gasteiger partial charge is 0.381 e. The Bertz CT molecular complexity index is 720. The quantitative estimate of drug-likeness (QED) is 0.852. The van der Waals surface area contributed by atoms with Crippen molar-refractivity contribution in [3.8, 4) is 0 Å². The van der Waals surface area contributed by atoms with Crippen LogP contribution in [0.15, 0.2) is 24.4 Å². The Hall–Kier alpha value is -1.79. The standard InChI is InChI=1S/C19H23F2N3O/c20-16-7-15(8-17(21)10-16)9-19-22-11-18-13-23(3-4-24(18)19)12-14-1-5-25-6-2-14/h7-8,10-11,14H,1-6,9,12-13H2. The van der Waals surface area contributed by atoms with Crippen LogP contribution in [0.25, 0.3) is 0 Å². The summed E-state index contributed by atoms with van der Waals surface area (Å²) in [5.74, 6) is 0.523. The van der Waals surface area contributed by atoms with E-state index < -0.39 is 11.6 Å². The van der Waals surface area contributed by atoms with E-state index in [1.54, 1.807) is 0 Å². The van der Waals surface area contributed by atoms with Gasteiger partial charge in [-0.3, -0.25) is 4.90 Å². The molecule has 1 aromatic heterocycles. The predicted molar refractivity (Wildman–Crippen MR) is 90.2 cm³/mol. The van der Waals surface area contributed by atoms with Crippen LogP contribution in [0.4, 0.5) is 8.78 Å². The molecule has 0 saturated carbocycles. The Labute approximate surface area is 146 Å². The van der Waals surface area contributed by atoms with Gasteiger partial charge in [0.2, 0.25) is 0 Å². The van der Waals surface area contributed by atoms with Gasteiger partial charge in [0.15, 0.2) is 0 Å². The second-order valence-electron chi connectivity index (χ2n) is 7.06. The summed E-state index contributed by atoms with van der Waals surface area (Å²) in [7, 11) is 0. The maximum absolute atomic E-state index is 13.4. The van der Waals surface area contributed by atoms with Crippen molar-refractivity contribution in [2.24, 2.45) is 5.92 Å². The van der Waals surface area contributed by atoms with Gasteiger partial charge in [-0.2, -0.15) is 0 Å². The third kappa shape index (κ3) is 3.90. The Balaban J connectivity index is 1.43. The van der Waals surface area contributed by atoms with E-state index in [1.165, 1.54) is 17.8 Å². The van der Waals surface area contributed by atoms with Crippen LogP contribution in [0.5, 0.6) is 0 Å². The molecule has 0 radical (unpaired) electrons. The molecular weight excluding hydrogens is 324 g/mol. The Morgan fingerprint density at radius 2 is 1.84 bits per heavy atom. The van der Waals surface area contributed by atoms with Gasteiger partial charge in [-0.1, -0.05) is 0 Å². The number of ether oxygens (including phenoxy) is 1. The number of aromatic nitrogens is 2. The van der Waals surface area contributed by atoms with Gasteiger partial charge in [-0.05, 0) is 36.5 Å². The number of nitrogens with zero attached hydrogens (tertiary/aromatic N) is 3. The van der Waals surface area contributed by atoms with Gasteiger partial charge in [0.1, 0.15) is 17.5 Å². The first kappa shape index (κ1) is 16.7. The monoisotopic (exact) mass is 347 g/mol. The van der Waals surface area contributed by atoms with Gasteiger partial charge in [-0.25, -0.2) is 13.8 Å². The van der Waals surface area contributed by atoms with Crippen molar-refractivity contribution in [1.82, 2.24) is 14.5 Å². The van der Waals surface area contributed by atoms with Gasteiger partial charge in [0.25, 0.3) is 0 Å². The molecule has 0 spiro atoms. The van der Waals surface area contributed by atoms with Gasteiger partial charge in [0.05, 0.1) is 5.69 Å². The summed E-state index contributed by atoms with van der Waals surface area (Å²) in [6.45, 7) is 5.63. The van der Waals surface area contributed by atoms with E-state index in [1.807, 2.05) is 6.20 Å². The highest BCUT2D eigenvalue weighted by Crippen LogP contribution is 2.22. The predicted octanol–water partition coefficient (Wildman–Crippen LogP) is 2.99. The third-order valence-electron chi connectivity index (χ3n) is 5.19. The second-order valence-corrected chi connectivity index (χ2v) is 7.06. The summed E-state index contributed by atoms with van der Waals surface area (Å²) in [5.41, 5.74) is 1.81. The Morgan fingerprint density at radius 3 is 2.60 bits per heavy atom. The lowest BCUT2D eigenvalue weighted by Gasteiger charge is -2.33. The minimum absolute atomic E-state index is 0.453. The zero-order chi connectivity index (χ0) is 17.2. The van der Waals surface area contributed by atoms with Crippen LogP contribution in [-0.2, 0) is 24.2 Å². The van der Waals surface area contributed by atoms with Crippen molar-refractivity contribution in [3.63, 3.8) is 0 Å². The molecule has 3 heterocycles. The first-order valence-electron chi connectivity index (χ1n) is 8.96. The van der Waals surface area contributed by atoms with Gasteiger partial charge in [0, 0.05) is 58.1 Å². The van der Waals surface area contributed by atoms with Gasteiger partial charge >= 0.3 is 0 Å². The van der Waals surface area contributed by atoms with Gasteiger partial charge in [-0.15, -0.1) is 0 Å². The molecular formula is C19H23F2N3O. The zero-order valence-electron chi connectivity index (χ0n) is 14.3. The highest BCUT2D eigenvalue weighted by atomic mass is 19.1. The maximum Gasteiger partial charge on any atom is 0.126 e. The number of fused-ring (bicyclic) bond motifs is 1. The van der Waals surface area contributed by atoms with Crippen molar-refractivity contribution < 1.29 is 13.5 Å². The molecule has 2 aromatic rings. The van der Waals surface area contributed by atoms with E-state index in [-0.39, 0.29) is 0 Å². The molecule has 6 heteroatoms. The molecule has 0 unspecified atom stereocenters. The fourth-order valence-electron chi connectivity index (χ4n) is 3.89. The molecule has 2 aliphatic heterocycles. The van der Waals surface area contributed by atoms with E-state index in [0.29, 0.717) is 12.0 Å². The number of imidazole rings is 1. The topological polar surface area (TPSA) is 30.3 Å². The number of benzene rings is 1. The fourth-order valence-corrected chi connectivity index (χ4v) is 3.89. The Morgan fingerprint density at radius 1 is 1.08 bits per heavy atom. The van der Waals surface area contributed by atoms with Crippen molar-refractivity contribution >= 4 is 0 Å². The lowest BCUT2D eigenvalue weighted by Crippen LogP contribution is -2.38. The molecule has 0 N–H and O–H groups in total. The van der Waals surface area contributed by atoms with Crippen LogP contribution >= 0.6 is 0 Å². The summed E-state index contributed by atoms with van der Waals surface area (Å²) in [4.78, 5) is 6.99. The van der Waals surface area contributed by atoms with E-state index in [0.717, 1.165) is 70.0 Å². The number of hydrogen-bond acceptors (Lipinski definition) is 3. The van der Waals surface area contributed by atoms with Crippen LogP contribution in [0.1, 0.15) is 29.9 Å². The molecule has 1 aromatic carbocycles. The van der Waals surface area contributed by atoms with Crippen molar-refractivity contribution in [2.45, 2.75) is 32.4 Å². The third-order valence-corrected chi connectivity index (χ3v) is 5.19. The van der Waals surface area contributed by atoms with Crippen LogP contribution < -0.4 is 0 Å². The SMILES string of the molecule is Fc1cc(F)cc(Cc2ncc3n2CCN(CC2CCOCC2)C3)c1. The lowest BCUT2D eigenvalue weighted by atomic mass is 9.99. The minimum Gasteiger partial charge on any atom is -0.381 e. The molecule has 0 atom stereocenters. The number of rotatable bonds is 4. The van der Waals surface area contributed by atoms with Crippen molar-refractivity contribution in [2.75, 3.05) is 26.3 Å². The molecule has 25 heavy (non-hydrogen) atoms. The summed E-state index contributed by atoms with van der Waals surface area (Å²) in [5, 5.41) is 0. The highest BCUT2D eigenvalue weighted by molar-refractivity contribution is 5.23. The average molecular weight is 347 g/mol.